The Morgan fingerprint density at radius 1 is 0.556 bits per heavy atom. The van der Waals surface area contributed by atoms with Crippen LogP contribution >= 0.6 is 0 Å². The van der Waals surface area contributed by atoms with E-state index in [2.05, 4.69) is 0 Å². The van der Waals surface area contributed by atoms with Gasteiger partial charge in [0.1, 0.15) is 37.6 Å². The molecule has 0 fully saturated rings. The van der Waals surface area contributed by atoms with Gasteiger partial charge < -0.3 is 27.8 Å². The van der Waals surface area contributed by atoms with E-state index < -0.39 is 0 Å². The smallest absolute Gasteiger partial charge is 0.219 e. The van der Waals surface area contributed by atoms with Gasteiger partial charge in [-0.2, -0.15) is 0 Å². The summed E-state index contributed by atoms with van der Waals surface area (Å²) in [5.74, 6) is 2.60. The molecule has 0 unspecified atom stereocenters. The molecule has 0 atom stereocenters. The second-order valence-corrected chi connectivity index (χ2v) is 3.53. The van der Waals surface area contributed by atoms with E-state index in [0.717, 1.165) is 0 Å². The van der Waals surface area contributed by atoms with Crippen molar-refractivity contribution >= 4 is 0 Å². The molecule has 2 aromatic rings. The van der Waals surface area contributed by atoms with E-state index in [4.69, 9.17) is 27.8 Å². The largest absolute Gasteiger partial charge is 0.454 e. The van der Waals surface area contributed by atoms with Crippen LogP contribution < -0.4 is 18.9 Å². The lowest BCUT2D eigenvalue weighted by Crippen LogP contribution is -1.96. The van der Waals surface area contributed by atoms with Gasteiger partial charge in [-0.05, 0) is 0 Å². The number of fused-ring (bicyclic) bond motifs is 2. The summed E-state index contributed by atoms with van der Waals surface area (Å²) in [7, 11) is 0. The van der Waals surface area contributed by atoms with Crippen molar-refractivity contribution in [3.05, 3.63) is 37.6 Å². The molecule has 2 aliphatic heterocycles. The van der Waals surface area contributed by atoms with Gasteiger partial charge in [0.2, 0.25) is 34.5 Å². The minimum absolute atomic E-state index is 0.384. The maximum atomic E-state index is 5.38. The highest BCUT2D eigenvalue weighted by Gasteiger charge is 2.29. The van der Waals surface area contributed by atoms with Crippen LogP contribution in [0.1, 0.15) is 0 Å². The number of furan rings is 2. The summed E-state index contributed by atoms with van der Waals surface area (Å²) in [6.45, 7) is 0. The van der Waals surface area contributed by atoms with Crippen LogP contribution in [0.5, 0.6) is 23.0 Å². The van der Waals surface area contributed by atoms with Crippen molar-refractivity contribution < 1.29 is 27.8 Å². The first-order valence-electron chi connectivity index (χ1n) is 5.13. The summed E-state index contributed by atoms with van der Waals surface area (Å²) in [4.78, 5) is 0. The predicted octanol–water partition coefficient (Wildman–Crippen LogP) is 3.02. The molecule has 0 aromatic carbocycles. The SMILES string of the molecule is C1=COc2c(coc2-c2occ3c2OC=CO3)O1. The first kappa shape index (κ1) is 9.29. The minimum Gasteiger partial charge on any atom is -0.454 e. The monoisotopic (exact) mass is 246 g/mol. The van der Waals surface area contributed by atoms with Crippen LogP contribution in [0.4, 0.5) is 0 Å². The molecule has 0 amide bonds. The average Bonchev–Trinajstić information content (AvgIpc) is 3.01. The molecule has 0 saturated heterocycles. The van der Waals surface area contributed by atoms with Crippen LogP contribution in [0, 0.1) is 0 Å². The quantitative estimate of drug-likeness (QED) is 0.770. The fourth-order valence-corrected chi connectivity index (χ4v) is 1.76. The first-order valence-corrected chi connectivity index (χ1v) is 5.13. The van der Waals surface area contributed by atoms with Crippen LogP contribution in [-0.2, 0) is 0 Å². The maximum Gasteiger partial charge on any atom is 0.219 e. The number of hydrogen-bond donors (Lipinski definition) is 0. The number of hydrogen-bond acceptors (Lipinski definition) is 6. The van der Waals surface area contributed by atoms with E-state index in [1.807, 2.05) is 0 Å². The fraction of sp³-hybridized carbons (Fsp3) is 0. The molecule has 18 heavy (non-hydrogen) atoms. The van der Waals surface area contributed by atoms with Crippen LogP contribution in [-0.4, -0.2) is 0 Å². The molecule has 0 N–H and O–H groups in total. The van der Waals surface area contributed by atoms with Gasteiger partial charge in [-0.1, -0.05) is 0 Å². The van der Waals surface area contributed by atoms with Crippen molar-refractivity contribution in [2.24, 2.45) is 0 Å². The van der Waals surface area contributed by atoms with E-state index >= 15 is 0 Å². The van der Waals surface area contributed by atoms with Crippen LogP contribution in [0.2, 0.25) is 0 Å². The Balaban J connectivity index is 1.85. The highest BCUT2D eigenvalue weighted by atomic mass is 16.6. The first-order chi connectivity index (χ1) is 8.93. The molecule has 6 nitrogen and oxygen atoms in total. The number of ether oxygens (including phenoxy) is 4. The number of rotatable bonds is 1. The Morgan fingerprint density at radius 3 is 1.50 bits per heavy atom. The van der Waals surface area contributed by atoms with Gasteiger partial charge in [0.25, 0.3) is 0 Å². The van der Waals surface area contributed by atoms with Crippen molar-refractivity contribution in [1.29, 1.82) is 0 Å². The van der Waals surface area contributed by atoms with E-state index in [-0.39, 0.29) is 0 Å². The highest BCUT2D eigenvalue weighted by molar-refractivity contribution is 5.72. The Labute approximate surface area is 101 Å². The molecule has 6 heteroatoms. The normalized spacial score (nSPS) is 14.9. The van der Waals surface area contributed by atoms with Crippen LogP contribution in [0.25, 0.3) is 11.5 Å². The molecule has 90 valence electrons. The third kappa shape index (κ3) is 1.17. The average molecular weight is 246 g/mol. The van der Waals surface area contributed by atoms with Crippen molar-refractivity contribution in [3.63, 3.8) is 0 Å². The summed E-state index contributed by atoms with van der Waals surface area (Å²) >= 11 is 0. The van der Waals surface area contributed by atoms with E-state index in [1.165, 1.54) is 37.6 Å². The zero-order valence-electron chi connectivity index (χ0n) is 8.91. The molecular formula is C12H6O6. The summed E-state index contributed by atoms with van der Waals surface area (Å²) in [6.07, 6.45) is 8.52. The van der Waals surface area contributed by atoms with Crippen molar-refractivity contribution in [2.45, 2.75) is 0 Å². The Morgan fingerprint density at radius 2 is 1.00 bits per heavy atom. The van der Waals surface area contributed by atoms with Gasteiger partial charge >= 0.3 is 0 Å². The Kier molecular flexibility index (Phi) is 1.74. The van der Waals surface area contributed by atoms with Gasteiger partial charge in [-0.25, -0.2) is 0 Å². The van der Waals surface area contributed by atoms with Crippen LogP contribution in [0.15, 0.2) is 46.4 Å². The van der Waals surface area contributed by atoms with Gasteiger partial charge in [0, 0.05) is 0 Å². The zero-order chi connectivity index (χ0) is 11.9. The lowest BCUT2D eigenvalue weighted by Gasteiger charge is -2.09. The van der Waals surface area contributed by atoms with Gasteiger partial charge in [-0.3, -0.25) is 0 Å². The molecule has 0 spiro atoms. The highest BCUT2D eigenvalue weighted by Crippen LogP contribution is 2.49. The molecule has 0 aliphatic carbocycles. The van der Waals surface area contributed by atoms with E-state index in [9.17, 15) is 0 Å². The van der Waals surface area contributed by atoms with Crippen molar-refractivity contribution in [3.8, 4) is 34.5 Å². The second kappa shape index (κ2) is 3.36. The third-order valence-electron chi connectivity index (χ3n) is 2.51. The lowest BCUT2D eigenvalue weighted by molar-refractivity contribution is 0.362. The molecule has 0 bridgehead atoms. The van der Waals surface area contributed by atoms with Crippen LogP contribution in [0.3, 0.4) is 0 Å². The summed E-state index contributed by atoms with van der Waals surface area (Å²) in [5.41, 5.74) is 0. The summed E-state index contributed by atoms with van der Waals surface area (Å²) in [5, 5.41) is 0. The standard InChI is InChI=1S/C12H6O6/c1-3-15-9-7(13-1)5-17-11(9)12-10-8(6-18-12)14-2-4-16-10/h1-6H. The summed E-state index contributed by atoms with van der Waals surface area (Å²) < 4.78 is 31.9. The summed E-state index contributed by atoms with van der Waals surface area (Å²) in [6, 6.07) is 0. The third-order valence-corrected chi connectivity index (χ3v) is 2.51. The molecule has 2 aromatic heterocycles. The molecule has 2 aliphatic rings. The molecule has 4 rings (SSSR count). The molecule has 0 radical (unpaired) electrons. The van der Waals surface area contributed by atoms with E-state index in [0.29, 0.717) is 34.5 Å². The van der Waals surface area contributed by atoms with Gasteiger partial charge in [0.05, 0.1) is 0 Å². The Bertz CT molecular complexity index is 602. The van der Waals surface area contributed by atoms with Crippen molar-refractivity contribution in [2.75, 3.05) is 0 Å². The topological polar surface area (TPSA) is 63.2 Å². The molecular weight excluding hydrogens is 240 g/mol. The maximum absolute atomic E-state index is 5.38. The molecule has 0 saturated carbocycles. The molecule has 4 heterocycles. The fourth-order valence-electron chi connectivity index (χ4n) is 1.76. The predicted molar refractivity (Wildman–Crippen MR) is 57.2 cm³/mol. The van der Waals surface area contributed by atoms with E-state index in [1.54, 1.807) is 0 Å². The van der Waals surface area contributed by atoms with Gasteiger partial charge in [-0.15, -0.1) is 0 Å². The van der Waals surface area contributed by atoms with Crippen molar-refractivity contribution in [1.82, 2.24) is 0 Å². The lowest BCUT2D eigenvalue weighted by atomic mass is 10.3. The minimum atomic E-state index is 0.384. The Hall–Kier alpha value is -2.76. The zero-order valence-corrected chi connectivity index (χ0v) is 8.91. The van der Waals surface area contributed by atoms with Gasteiger partial charge in [0.15, 0.2) is 0 Å². The second-order valence-electron chi connectivity index (χ2n) is 3.53.